The Bertz CT molecular complexity index is 3950. The first kappa shape index (κ1) is 23.8. The van der Waals surface area contributed by atoms with Crippen LogP contribution in [0.1, 0.15) is 12.3 Å². The van der Waals surface area contributed by atoms with E-state index >= 15 is 0 Å². The van der Waals surface area contributed by atoms with E-state index in [0.717, 1.165) is 49.3 Å². The maximum absolute atomic E-state index is 9.09. The van der Waals surface area contributed by atoms with Crippen molar-refractivity contribution in [1.29, 1.82) is 0 Å². The number of nitrogens with zero attached hydrogens (tertiary/aromatic N) is 5. The van der Waals surface area contributed by atoms with Crippen molar-refractivity contribution in [3.8, 4) is 45.5 Å². The van der Waals surface area contributed by atoms with Gasteiger partial charge in [0.2, 0.25) is 5.95 Å². The average molecular weight is 739 g/mol. The van der Waals surface area contributed by atoms with Crippen molar-refractivity contribution in [2.75, 3.05) is 0 Å². The number of rotatable bonds is 5. The lowest BCUT2D eigenvalue weighted by molar-refractivity contribution is 0.669. The molecule has 57 heavy (non-hydrogen) atoms. The van der Waals surface area contributed by atoms with E-state index in [1.54, 1.807) is 12.1 Å². The van der Waals surface area contributed by atoms with Crippen LogP contribution in [-0.2, 0) is 0 Å². The number of fused-ring (bicyclic) bond motifs is 9. The second kappa shape index (κ2) is 12.3. The molecule has 0 radical (unpaired) electrons. The maximum Gasteiger partial charge on any atom is 0.238 e. The molecule has 0 aliphatic carbocycles. The van der Waals surface area contributed by atoms with Crippen LogP contribution in [0.5, 0.6) is 0 Å². The minimum atomic E-state index is -0.583. The van der Waals surface area contributed by atoms with Gasteiger partial charge < -0.3 is 8.98 Å². The Morgan fingerprint density at radius 2 is 0.965 bits per heavy atom. The molecule has 0 aliphatic rings. The molecule has 0 saturated carbocycles. The lowest BCUT2D eigenvalue weighted by atomic mass is 9.97. The van der Waals surface area contributed by atoms with Crippen LogP contribution in [-0.4, -0.2) is 24.1 Å². The Morgan fingerprint density at radius 1 is 0.421 bits per heavy atom. The quantitative estimate of drug-likeness (QED) is 0.176. The number of aromatic nitrogens is 5. The zero-order valence-electron chi connectivity index (χ0n) is 38.8. The van der Waals surface area contributed by atoms with E-state index in [2.05, 4.69) is 28.8 Å². The third kappa shape index (κ3) is 4.81. The van der Waals surface area contributed by atoms with Gasteiger partial charge in [0, 0.05) is 43.4 Å². The number of para-hydroxylation sites is 6. The Balaban J connectivity index is 1.21. The summed E-state index contributed by atoms with van der Waals surface area (Å²) in [6.45, 7) is 0. The third-order valence-corrected chi connectivity index (χ3v) is 10.6. The first-order valence-corrected chi connectivity index (χ1v) is 18.4. The molecular weight excluding hydrogens is 699 g/mol. The van der Waals surface area contributed by atoms with Crippen molar-refractivity contribution in [3.63, 3.8) is 0 Å². The second-order valence-electron chi connectivity index (χ2n) is 13.7. The summed E-state index contributed by atoms with van der Waals surface area (Å²) in [7, 11) is 0. The first-order chi connectivity index (χ1) is 32.0. The number of hydrogen-bond acceptors (Lipinski definition) is 4. The SMILES string of the molecule is [2H]c1c([2H])c([2H])c(-c2cc(-c3nc(-c4ccccc4-n4c5ccccc5c5ccccc54)nc(-n4c5ccccc5c5ccccc54)n3)cc3oc4c([2H])c([2H])c([2H])c([2H])c4c23)c([2H])c1[2H]. The van der Waals surface area contributed by atoms with E-state index in [0.29, 0.717) is 17.0 Å². The summed E-state index contributed by atoms with van der Waals surface area (Å²) in [6.07, 6.45) is 0. The number of furan rings is 1. The van der Waals surface area contributed by atoms with E-state index < -0.39 is 54.4 Å². The summed E-state index contributed by atoms with van der Waals surface area (Å²) in [5, 5.41) is 4.26. The van der Waals surface area contributed by atoms with Crippen LogP contribution < -0.4 is 0 Å². The van der Waals surface area contributed by atoms with Gasteiger partial charge in [-0.15, -0.1) is 0 Å². The topological polar surface area (TPSA) is 61.7 Å². The van der Waals surface area contributed by atoms with Crippen molar-refractivity contribution in [2.24, 2.45) is 0 Å². The highest BCUT2D eigenvalue weighted by atomic mass is 16.3. The summed E-state index contributed by atoms with van der Waals surface area (Å²) in [5.74, 6) is 0.727. The molecule has 0 aliphatic heterocycles. The highest BCUT2D eigenvalue weighted by Gasteiger charge is 2.22. The first-order valence-electron chi connectivity index (χ1n) is 22.9. The van der Waals surface area contributed by atoms with Crippen molar-refractivity contribution in [1.82, 2.24) is 24.1 Å². The molecule has 4 heterocycles. The fourth-order valence-electron chi connectivity index (χ4n) is 8.22. The van der Waals surface area contributed by atoms with Gasteiger partial charge in [-0.2, -0.15) is 9.97 Å². The van der Waals surface area contributed by atoms with Gasteiger partial charge >= 0.3 is 0 Å². The highest BCUT2D eigenvalue weighted by molar-refractivity contribution is 6.14. The predicted octanol–water partition coefficient (Wildman–Crippen LogP) is 13.0. The summed E-state index contributed by atoms with van der Waals surface area (Å²) in [4.78, 5) is 15.6. The van der Waals surface area contributed by atoms with E-state index in [1.807, 2.05) is 102 Å². The summed E-state index contributed by atoms with van der Waals surface area (Å²) in [6, 6.07) is 38.9. The monoisotopic (exact) mass is 738 g/mol. The molecule has 12 aromatic rings. The van der Waals surface area contributed by atoms with E-state index in [1.165, 1.54) is 0 Å². The molecule has 4 aromatic heterocycles. The van der Waals surface area contributed by atoms with Gasteiger partial charge in [-0.05, 0) is 65.7 Å². The van der Waals surface area contributed by atoms with Crippen molar-refractivity contribution >= 4 is 65.6 Å². The molecule has 0 N–H and O–H groups in total. The Hall–Kier alpha value is -7.83. The lowest BCUT2D eigenvalue weighted by Crippen LogP contribution is -2.08. The molecule has 0 atom stereocenters. The van der Waals surface area contributed by atoms with Crippen LogP contribution in [0.3, 0.4) is 0 Å². The average Bonchev–Trinajstić information content (AvgIpc) is 4.02. The van der Waals surface area contributed by atoms with Crippen LogP contribution in [0.4, 0.5) is 0 Å². The van der Waals surface area contributed by atoms with Crippen LogP contribution in [0.15, 0.2) is 192 Å². The molecule has 0 fully saturated rings. The Kier molecular flexibility index (Phi) is 5.17. The van der Waals surface area contributed by atoms with Crippen LogP contribution in [0.25, 0.3) is 111 Å². The number of hydrogen-bond donors (Lipinski definition) is 0. The molecular formula is C51H31N5O. The second-order valence-corrected chi connectivity index (χ2v) is 13.7. The minimum Gasteiger partial charge on any atom is -0.456 e. The molecule has 12 rings (SSSR count). The summed E-state index contributed by atoms with van der Waals surface area (Å²) < 4.78 is 89.1. The van der Waals surface area contributed by atoms with Gasteiger partial charge in [0.05, 0.1) is 40.1 Å². The Morgan fingerprint density at radius 3 is 1.63 bits per heavy atom. The van der Waals surface area contributed by atoms with E-state index in [9.17, 15) is 0 Å². The van der Waals surface area contributed by atoms with Crippen LogP contribution in [0, 0.1) is 0 Å². The zero-order valence-corrected chi connectivity index (χ0v) is 29.8. The van der Waals surface area contributed by atoms with Gasteiger partial charge in [0.1, 0.15) is 11.2 Å². The minimum absolute atomic E-state index is 0.00627. The molecule has 0 spiro atoms. The number of benzene rings is 8. The molecule has 0 amide bonds. The van der Waals surface area contributed by atoms with Crippen molar-refractivity contribution < 1.29 is 16.8 Å². The van der Waals surface area contributed by atoms with Crippen molar-refractivity contribution in [3.05, 3.63) is 188 Å². The fourth-order valence-corrected chi connectivity index (χ4v) is 8.22. The highest BCUT2D eigenvalue weighted by Crippen LogP contribution is 2.41. The summed E-state index contributed by atoms with van der Waals surface area (Å²) in [5.41, 5.74) is 5.25. The molecule has 0 bridgehead atoms. The van der Waals surface area contributed by atoms with Crippen molar-refractivity contribution in [2.45, 2.75) is 0 Å². The van der Waals surface area contributed by atoms with Crippen LogP contribution in [0.2, 0.25) is 0 Å². The van der Waals surface area contributed by atoms with Gasteiger partial charge in [-0.1, -0.05) is 133 Å². The smallest absolute Gasteiger partial charge is 0.238 e. The molecule has 266 valence electrons. The fraction of sp³-hybridized carbons (Fsp3) is 0. The van der Waals surface area contributed by atoms with E-state index in [-0.39, 0.29) is 44.8 Å². The largest absolute Gasteiger partial charge is 0.456 e. The summed E-state index contributed by atoms with van der Waals surface area (Å²) >= 11 is 0. The van der Waals surface area contributed by atoms with Gasteiger partial charge in [0.25, 0.3) is 0 Å². The molecule has 0 unspecified atom stereocenters. The standard InChI is InChI=1S/C51H31N5O/c1-2-16-32(17-3-1)40-30-33(31-47-48(40)39-23-9-15-29-46(39)57-47)49-52-50(54-51(53-49)56-43-26-12-6-20-36(43)37-21-7-13-27-44(37)56)38-22-8-14-28-45(38)55-41-24-10-4-18-34(41)35-19-5-11-25-42(35)55/h1-31H/i1D,2D,3D,9D,15D,16D,17D,23D,29D. The third-order valence-electron chi connectivity index (χ3n) is 10.6. The maximum atomic E-state index is 9.09. The van der Waals surface area contributed by atoms with Gasteiger partial charge in [0.15, 0.2) is 11.6 Å². The normalized spacial score (nSPS) is 14.1. The lowest BCUT2D eigenvalue weighted by Gasteiger charge is -2.15. The van der Waals surface area contributed by atoms with Crippen LogP contribution >= 0.6 is 0 Å². The van der Waals surface area contributed by atoms with Gasteiger partial charge in [-0.3, -0.25) is 4.57 Å². The molecule has 6 nitrogen and oxygen atoms in total. The van der Waals surface area contributed by atoms with E-state index in [4.69, 9.17) is 31.7 Å². The molecule has 6 heteroatoms. The molecule has 0 saturated heterocycles. The Labute approximate surface area is 339 Å². The zero-order chi connectivity index (χ0) is 45.3. The van der Waals surface area contributed by atoms with Gasteiger partial charge in [-0.25, -0.2) is 4.98 Å². The predicted molar refractivity (Wildman–Crippen MR) is 232 cm³/mol. The molecule has 8 aromatic carbocycles.